The molecule has 8 aromatic carbocycles. The Balaban J connectivity index is 0.000000124. The van der Waals surface area contributed by atoms with Crippen LogP contribution in [0, 0.1) is 29.2 Å². The number of piperidine rings is 1. The number of halogens is 8. The molecule has 11 heterocycles. The Hall–Kier alpha value is -10.9. The number of thioether (sulfide) groups is 1. The van der Waals surface area contributed by atoms with Crippen molar-refractivity contribution in [2.75, 3.05) is 107 Å². The third-order valence-electron chi connectivity index (χ3n) is 23.0. The highest BCUT2D eigenvalue weighted by molar-refractivity contribution is 7.99. The number of anilines is 16. The smallest absolute Gasteiger partial charge is 0.189 e. The Kier molecular flexibility index (Phi) is 32.0. The predicted molar refractivity (Wildman–Crippen MR) is 540 cm³/mol. The summed E-state index contributed by atoms with van der Waals surface area (Å²) >= 11 is 31.4. The van der Waals surface area contributed by atoms with Crippen LogP contribution < -0.4 is 48.3 Å². The lowest BCUT2D eigenvalue weighted by molar-refractivity contribution is 0.180. The van der Waals surface area contributed by atoms with E-state index >= 15 is 0 Å². The molecular formula is C95H95Cl4F4N25S5. The first-order chi connectivity index (χ1) is 64.9. The Bertz CT molecular complexity index is 6580. The number of fused-ring (bicyclic) bond motifs is 4. The van der Waals surface area contributed by atoms with Crippen LogP contribution in [0.3, 0.4) is 0 Å². The van der Waals surface area contributed by atoms with Crippen molar-refractivity contribution >= 4 is 234 Å². The van der Waals surface area contributed by atoms with Gasteiger partial charge in [0.1, 0.15) is 67.4 Å². The third kappa shape index (κ3) is 25.8. The van der Waals surface area contributed by atoms with Crippen molar-refractivity contribution in [2.24, 2.45) is 11.7 Å². The molecular weight excluding hydrogens is 1870 g/mol. The summed E-state index contributed by atoms with van der Waals surface area (Å²) in [6.07, 6.45) is 20.1. The molecule has 10 N–H and O–H groups in total. The van der Waals surface area contributed by atoms with E-state index in [9.17, 15) is 17.6 Å². The molecule has 686 valence electrons. The highest BCUT2D eigenvalue weighted by Crippen LogP contribution is 2.40. The number of benzene rings is 8. The van der Waals surface area contributed by atoms with Crippen LogP contribution in [0.1, 0.15) is 92.9 Å². The molecule has 4 fully saturated rings. The fourth-order valence-corrected chi connectivity index (χ4v) is 21.1. The molecule has 0 amide bonds. The molecule has 0 spiro atoms. The second-order valence-electron chi connectivity index (χ2n) is 32.6. The highest BCUT2D eigenvalue weighted by atomic mass is 35.5. The van der Waals surface area contributed by atoms with Crippen molar-refractivity contribution < 1.29 is 17.6 Å². The molecule has 133 heavy (non-hydrogen) atoms. The van der Waals surface area contributed by atoms with Crippen LogP contribution >= 0.6 is 104 Å². The van der Waals surface area contributed by atoms with Gasteiger partial charge in [-0.2, -0.15) is 31.7 Å². The maximum Gasteiger partial charge on any atom is 0.189 e. The molecule has 16 aromatic rings. The molecule has 4 aliphatic rings. The number of nitrogens with zero attached hydrogens (tertiary/aromatic N) is 16. The third-order valence-corrected chi connectivity index (χ3v) is 29.0. The van der Waals surface area contributed by atoms with Crippen LogP contribution in [0.2, 0.25) is 20.1 Å². The lowest BCUT2D eigenvalue weighted by Gasteiger charge is -2.31. The van der Waals surface area contributed by atoms with E-state index in [1.165, 1.54) is 237 Å². The minimum absolute atomic E-state index is 0.0467. The average molecular weight is 1970 g/mol. The van der Waals surface area contributed by atoms with Crippen LogP contribution in [0.15, 0.2) is 195 Å². The summed E-state index contributed by atoms with van der Waals surface area (Å²) in [6.45, 7) is 11.6. The monoisotopic (exact) mass is 1960 g/mol. The van der Waals surface area contributed by atoms with E-state index in [1.807, 2.05) is 11.8 Å². The molecule has 8 aromatic heterocycles. The minimum Gasteiger partial charge on any atom is -0.339 e. The van der Waals surface area contributed by atoms with Crippen LogP contribution in [0.5, 0.6) is 0 Å². The van der Waals surface area contributed by atoms with Gasteiger partial charge in [-0.15, -0.1) is 0 Å². The van der Waals surface area contributed by atoms with Gasteiger partial charge in [-0.3, -0.25) is 19.6 Å². The van der Waals surface area contributed by atoms with Gasteiger partial charge < -0.3 is 48.3 Å². The zero-order valence-corrected chi connectivity index (χ0v) is 79.5. The molecule has 1 aliphatic carbocycles. The van der Waals surface area contributed by atoms with Gasteiger partial charge in [-0.05, 0) is 228 Å². The summed E-state index contributed by atoms with van der Waals surface area (Å²) < 4.78 is 57.0. The molecule has 1 saturated carbocycles. The normalized spacial score (nSPS) is 14.8. The Morgan fingerprint density at radius 3 is 0.932 bits per heavy atom. The fourth-order valence-electron chi connectivity index (χ4n) is 15.8. The molecule has 38 heteroatoms. The maximum absolute atomic E-state index is 13.5. The maximum atomic E-state index is 13.5. The Labute approximate surface area is 807 Å². The molecule has 3 saturated heterocycles. The molecule has 0 atom stereocenters. The average Bonchev–Trinajstić information content (AvgIpc) is 1.72. The standard InChI is InChI=1S/C25H26ClFN6S.C24H25ClFN7S.C24H24ClFN6S.C22H20ClFN6S2/c1-33(19-5-3-2-4-6-19)14-16-7-9-17(10-8-16)31-25-32-24-22(34-25)23(28-15-29-24)30-18-11-12-21(27)20(26)13-18;25-19-11-18(5-6-20(19)26)30-22-21-23(29-14-28-22)32-24(34-21)31-17-3-1-16(2-4-17)13-33-9-7-15(12-27)8-10-33;25-19-13-18(9-10-20(19)26)29-22-21-23(28-15-27-22)31-24(33-21)30-17-7-5-16(6-8-17)14-32-11-3-1-2-4-12-32;23-17-11-16(5-6-18(17)24)27-20-19-21(26-13-25-20)29-22(32-19)28-15-3-1-14(2-4-15)12-30-7-9-31-10-8-30/h7-13,15,19H,2-6,14H2,1H3,(H2,28,29,30,31,32);1-6,11,14-15H,7-10,12-13,27H2,(H2,28,29,30,31,32);5-10,13,15H,1-4,11-12,14H2,(H2,27,28,29,30,31);1-6,11,13H,7-10,12H2,(H2,25,26,27,28,29). The van der Waals surface area contributed by atoms with E-state index < -0.39 is 23.3 Å². The van der Waals surface area contributed by atoms with Crippen LogP contribution in [-0.2, 0) is 26.2 Å². The van der Waals surface area contributed by atoms with E-state index in [1.54, 1.807) is 24.3 Å². The number of nitrogens with one attached hydrogen (secondary N) is 8. The van der Waals surface area contributed by atoms with Crippen molar-refractivity contribution in [2.45, 2.75) is 103 Å². The molecule has 0 bridgehead atoms. The lowest BCUT2D eigenvalue weighted by atomic mass is 9.94. The molecule has 3 aliphatic heterocycles. The molecule has 0 unspecified atom stereocenters. The number of hydrogen-bond donors (Lipinski definition) is 9. The van der Waals surface area contributed by atoms with Crippen molar-refractivity contribution in [1.82, 2.24) is 79.4 Å². The zero-order valence-electron chi connectivity index (χ0n) is 72.4. The second-order valence-corrected chi connectivity index (χ2v) is 39.5. The van der Waals surface area contributed by atoms with Gasteiger partial charge in [0, 0.05) is 102 Å². The summed E-state index contributed by atoms with van der Waals surface area (Å²) in [5, 5.41) is 29.3. The number of likely N-dealkylation sites (tertiary alicyclic amines) is 2. The molecule has 20 rings (SSSR count). The summed E-state index contributed by atoms with van der Waals surface area (Å²) in [5.41, 5.74) is 19.8. The second kappa shape index (κ2) is 45.4. The highest BCUT2D eigenvalue weighted by Gasteiger charge is 2.24. The number of thiazole rings is 4. The van der Waals surface area contributed by atoms with Crippen molar-refractivity contribution in [3.05, 3.63) is 261 Å². The predicted octanol–water partition coefficient (Wildman–Crippen LogP) is 25.3. The van der Waals surface area contributed by atoms with Crippen molar-refractivity contribution in [3.8, 4) is 0 Å². The van der Waals surface area contributed by atoms with Gasteiger partial charge in [-0.25, -0.2) is 57.4 Å². The Morgan fingerprint density at radius 2 is 0.624 bits per heavy atom. The quantitative estimate of drug-likeness (QED) is 0.0228. The van der Waals surface area contributed by atoms with Crippen LogP contribution in [0.25, 0.3) is 41.4 Å². The van der Waals surface area contributed by atoms with Crippen LogP contribution in [-0.4, -0.2) is 150 Å². The van der Waals surface area contributed by atoms with Gasteiger partial charge in [-0.1, -0.05) is 172 Å². The van der Waals surface area contributed by atoms with E-state index in [4.69, 9.17) is 52.1 Å². The topological polar surface area (TPSA) is 290 Å². The first kappa shape index (κ1) is 93.9. The number of rotatable bonds is 26. The van der Waals surface area contributed by atoms with E-state index in [0.717, 1.165) is 116 Å². The zero-order chi connectivity index (χ0) is 91.5. The first-order valence-electron chi connectivity index (χ1n) is 43.8. The van der Waals surface area contributed by atoms with Gasteiger partial charge in [0.05, 0.1) is 20.1 Å². The Morgan fingerprint density at radius 1 is 0.338 bits per heavy atom. The van der Waals surface area contributed by atoms with E-state index in [0.29, 0.717) is 85.7 Å². The summed E-state index contributed by atoms with van der Waals surface area (Å²) in [4.78, 5) is 62.8. The number of nitrogens with two attached hydrogens (primary N) is 1. The molecule has 25 nitrogen and oxygen atoms in total. The minimum atomic E-state index is -0.466. The van der Waals surface area contributed by atoms with Crippen LogP contribution in [0.4, 0.5) is 107 Å². The van der Waals surface area contributed by atoms with E-state index in [2.05, 4.69) is 226 Å². The van der Waals surface area contributed by atoms with Gasteiger partial charge >= 0.3 is 0 Å². The summed E-state index contributed by atoms with van der Waals surface area (Å²) in [7, 11) is 2.23. The van der Waals surface area contributed by atoms with Gasteiger partial charge in [0.2, 0.25) is 0 Å². The fraction of sp³-hybridized carbons (Fsp3) is 0.284. The van der Waals surface area contributed by atoms with Crippen molar-refractivity contribution in [3.63, 3.8) is 0 Å². The summed E-state index contributed by atoms with van der Waals surface area (Å²) in [5.74, 6) is 3.63. The van der Waals surface area contributed by atoms with E-state index in [-0.39, 0.29) is 20.1 Å². The number of aromatic nitrogens is 12. The summed E-state index contributed by atoms with van der Waals surface area (Å²) in [6, 6.07) is 52.4. The molecule has 0 radical (unpaired) electrons. The van der Waals surface area contributed by atoms with Gasteiger partial charge in [0.15, 0.2) is 66.4 Å². The largest absolute Gasteiger partial charge is 0.339 e. The SMILES string of the molecule is CN(Cc1ccc(Nc2nc3ncnc(Nc4ccc(F)c(Cl)c4)c3s2)cc1)C1CCCCC1.Fc1ccc(Nc2ncnc3nc(Nc4ccc(CN5CCCCCC5)cc4)sc23)cc1Cl.Fc1ccc(Nc2ncnc3nc(Nc4ccc(CN5CCSCC5)cc4)sc23)cc1Cl.NCC1CCN(Cc2ccc(Nc3nc4ncnc(Nc5ccc(F)c(Cl)c5)c4s3)cc2)CC1. The van der Waals surface area contributed by atoms with Crippen molar-refractivity contribution in [1.29, 1.82) is 0 Å². The first-order valence-corrected chi connectivity index (χ1v) is 49.8. The lowest BCUT2D eigenvalue weighted by Crippen LogP contribution is -2.35. The number of hydrogen-bond acceptors (Lipinski definition) is 30. The van der Waals surface area contributed by atoms with Gasteiger partial charge in [0.25, 0.3) is 0 Å².